The second-order valence-electron chi connectivity index (χ2n) is 6.10. The maximum absolute atomic E-state index is 11.6. The van der Waals surface area contributed by atoms with Crippen LogP contribution in [-0.2, 0) is 0 Å². The highest BCUT2D eigenvalue weighted by molar-refractivity contribution is 14.1. The molecule has 0 unspecified atom stereocenters. The average molecular weight is 417 g/mol. The zero-order valence-corrected chi connectivity index (χ0v) is 14.5. The van der Waals surface area contributed by atoms with Crippen LogP contribution in [0, 0.1) is 9.49 Å². The number of fused-ring (bicyclic) bond motifs is 3. The van der Waals surface area contributed by atoms with E-state index in [0.29, 0.717) is 17.4 Å². The number of carboxylic acids is 1. The highest BCUT2D eigenvalue weighted by Crippen LogP contribution is 2.50. The van der Waals surface area contributed by atoms with Crippen LogP contribution in [0.3, 0.4) is 0 Å². The van der Waals surface area contributed by atoms with Crippen LogP contribution >= 0.6 is 22.6 Å². The van der Waals surface area contributed by atoms with Gasteiger partial charge in [0.25, 0.3) is 0 Å². The van der Waals surface area contributed by atoms with Crippen molar-refractivity contribution in [3.8, 4) is 0 Å². The van der Waals surface area contributed by atoms with Crippen LogP contribution in [0.2, 0.25) is 0 Å². The molecule has 0 amide bonds. The minimum atomic E-state index is -0.863. The van der Waals surface area contributed by atoms with E-state index in [2.05, 4.69) is 58.3 Å². The van der Waals surface area contributed by atoms with Gasteiger partial charge in [0.2, 0.25) is 0 Å². The Hall–Kier alpha value is -1.82. The smallest absolute Gasteiger partial charge is 0.336 e. The number of halogens is 1. The molecule has 0 spiro atoms. The van der Waals surface area contributed by atoms with Crippen LogP contribution in [0.1, 0.15) is 39.9 Å². The Balaban J connectivity index is 1.83. The number of nitrogens with one attached hydrogen (secondary N) is 1. The number of carbonyl (C=O) groups is 1. The molecule has 1 heterocycles. The van der Waals surface area contributed by atoms with Gasteiger partial charge in [-0.1, -0.05) is 30.4 Å². The Morgan fingerprint density at radius 1 is 1.17 bits per heavy atom. The minimum Gasteiger partial charge on any atom is -0.478 e. The zero-order chi connectivity index (χ0) is 16.0. The molecule has 0 fully saturated rings. The lowest BCUT2D eigenvalue weighted by molar-refractivity contribution is 0.0694. The first-order valence-electron chi connectivity index (χ1n) is 7.70. The van der Waals surface area contributed by atoms with Crippen molar-refractivity contribution in [3.05, 3.63) is 74.9 Å². The van der Waals surface area contributed by atoms with Crippen LogP contribution in [0.15, 0.2) is 54.6 Å². The van der Waals surface area contributed by atoms with E-state index in [0.717, 1.165) is 17.7 Å². The molecule has 4 rings (SSSR count). The van der Waals surface area contributed by atoms with Gasteiger partial charge in [0, 0.05) is 15.2 Å². The predicted octanol–water partition coefficient (Wildman–Crippen LogP) is 4.82. The molecule has 2 N–H and O–H groups in total. The summed E-state index contributed by atoms with van der Waals surface area (Å²) in [5.41, 5.74) is 3.70. The largest absolute Gasteiger partial charge is 0.478 e. The van der Waals surface area contributed by atoms with Crippen molar-refractivity contribution in [1.29, 1.82) is 0 Å². The van der Waals surface area contributed by atoms with Crippen LogP contribution in [0.25, 0.3) is 0 Å². The third kappa shape index (κ3) is 2.45. The molecule has 23 heavy (non-hydrogen) atoms. The number of hydrogen-bond acceptors (Lipinski definition) is 2. The summed E-state index contributed by atoms with van der Waals surface area (Å²) in [5, 5.41) is 13.1. The number of rotatable bonds is 2. The molecule has 2 aromatic rings. The number of allylic oxidation sites excluding steroid dienone is 2. The lowest BCUT2D eigenvalue weighted by Crippen LogP contribution is -2.30. The molecule has 1 aliphatic carbocycles. The quantitative estimate of drug-likeness (QED) is 0.545. The molecular formula is C19H16INO2. The normalized spacial score (nSPS) is 24.7. The Morgan fingerprint density at radius 3 is 2.83 bits per heavy atom. The summed E-state index contributed by atoms with van der Waals surface area (Å²) in [7, 11) is 0. The van der Waals surface area contributed by atoms with Crippen LogP contribution < -0.4 is 5.32 Å². The molecule has 116 valence electrons. The second-order valence-corrected chi connectivity index (χ2v) is 7.35. The fourth-order valence-corrected chi connectivity index (χ4v) is 4.35. The maximum Gasteiger partial charge on any atom is 0.336 e. The van der Waals surface area contributed by atoms with E-state index in [1.807, 2.05) is 12.1 Å². The number of aromatic carboxylic acids is 1. The van der Waals surface area contributed by atoms with Crippen molar-refractivity contribution in [2.24, 2.45) is 5.92 Å². The van der Waals surface area contributed by atoms with Gasteiger partial charge < -0.3 is 10.4 Å². The predicted molar refractivity (Wildman–Crippen MR) is 98.9 cm³/mol. The van der Waals surface area contributed by atoms with Gasteiger partial charge in [0.05, 0.1) is 11.6 Å². The van der Waals surface area contributed by atoms with Crippen molar-refractivity contribution in [1.82, 2.24) is 0 Å². The van der Waals surface area contributed by atoms with Crippen molar-refractivity contribution in [2.75, 3.05) is 5.32 Å². The minimum absolute atomic E-state index is 0.0230. The van der Waals surface area contributed by atoms with E-state index < -0.39 is 5.97 Å². The number of carboxylic acid groups (broad SMARTS) is 1. The summed E-state index contributed by atoms with van der Waals surface area (Å²) in [6.07, 6.45) is 5.47. The van der Waals surface area contributed by atoms with Crippen molar-refractivity contribution < 1.29 is 9.90 Å². The monoisotopic (exact) mass is 417 g/mol. The summed E-state index contributed by atoms with van der Waals surface area (Å²) in [5.74, 6) is -0.146. The standard InChI is InChI=1S/C19H16INO2/c20-11-8-9-17-16(10-11)12-6-3-7-13(12)18(21-17)14-4-1-2-5-15(14)19(22)23/h1-6,8-10,12-13,18,21H,7H2,(H,22,23)/t12-,13+,18-/m1/s1. The van der Waals surface area contributed by atoms with E-state index in [1.165, 1.54) is 9.13 Å². The molecule has 0 bridgehead atoms. The first kappa shape index (κ1) is 14.8. The first-order chi connectivity index (χ1) is 11.1. The number of hydrogen-bond donors (Lipinski definition) is 2. The second kappa shape index (κ2) is 5.67. The molecular weight excluding hydrogens is 401 g/mol. The average Bonchev–Trinajstić information content (AvgIpc) is 3.04. The van der Waals surface area contributed by atoms with E-state index in [-0.39, 0.29) is 6.04 Å². The molecule has 4 heteroatoms. The Kier molecular flexibility index (Phi) is 3.64. The molecule has 2 aromatic carbocycles. The summed E-state index contributed by atoms with van der Waals surface area (Å²) in [6.45, 7) is 0. The molecule has 0 saturated carbocycles. The van der Waals surface area contributed by atoms with Crippen molar-refractivity contribution in [2.45, 2.75) is 18.4 Å². The molecule has 3 atom stereocenters. The topological polar surface area (TPSA) is 49.3 Å². The van der Waals surface area contributed by atoms with E-state index in [4.69, 9.17) is 0 Å². The lowest BCUT2D eigenvalue weighted by atomic mass is 9.76. The van der Waals surface area contributed by atoms with Gasteiger partial charge in [0.1, 0.15) is 0 Å². The van der Waals surface area contributed by atoms with Gasteiger partial charge in [-0.2, -0.15) is 0 Å². The third-order valence-electron chi connectivity index (χ3n) is 4.85. The zero-order valence-electron chi connectivity index (χ0n) is 12.4. The third-order valence-corrected chi connectivity index (χ3v) is 5.52. The summed E-state index contributed by atoms with van der Waals surface area (Å²) in [4.78, 5) is 11.6. The first-order valence-corrected chi connectivity index (χ1v) is 8.78. The van der Waals surface area contributed by atoms with E-state index >= 15 is 0 Å². The molecule has 2 aliphatic rings. The fraction of sp³-hybridized carbons (Fsp3) is 0.211. The summed E-state index contributed by atoms with van der Waals surface area (Å²) >= 11 is 2.34. The highest BCUT2D eigenvalue weighted by Gasteiger charge is 2.39. The van der Waals surface area contributed by atoms with Gasteiger partial charge in [-0.05, 0) is 70.3 Å². The van der Waals surface area contributed by atoms with Crippen molar-refractivity contribution >= 4 is 34.2 Å². The van der Waals surface area contributed by atoms with Gasteiger partial charge >= 0.3 is 5.97 Å². The van der Waals surface area contributed by atoms with Crippen LogP contribution in [0.5, 0.6) is 0 Å². The van der Waals surface area contributed by atoms with E-state index in [9.17, 15) is 9.90 Å². The van der Waals surface area contributed by atoms with Crippen molar-refractivity contribution in [3.63, 3.8) is 0 Å². The SMILES string of the molecule is O=C(O)c1ccccc1[C@@H]1Nc2ccc(I)cc2[C@@H]2C=CC[C@@H]21. The maximum atomic E-state index is 11.6. The Morgan fingerprint density at radius 2 is 2.00 bits per heavy atom. The number of benzene rings is 2. The molecule has 1 aliphatic heterocycles. The molecule has 0 saturated heterocycles. The van der Waals surface area contributed by atoms with Gasteiger partial charge in [-0.3, -0.25) is 0 Å². The Bertz CT molecular complexity index is 815. The Labute approximate surface area is 148 Å². The van der Waals surface area contributed by atoms with Gasteiger partial charge in [-0.25, -0.2) is 4.79 Å². The summed E-state index contributed by atoms with van der Waals surface area (Å²) in [6, 6.07) is 13.8. The van der Waals surface area contributed by atoms with Gasteiger partial charge in [0.15, 0.2) is 0 Å². The van der Waals surface area contributed by atoms with Crippen LogP contribution in [0.4, 0.5) is 5.69 Å². The molecule has 0 aromatic heterocycles. The lowest BCUT2D eigenvalue weighted by Gasteiger charge is -2.38. The van der Waals surface area contributed by atoms with E-state index in [1.54, 1.807) is 12.1 Å². The highest BCUT2D eigenvalue weighted by atomic mass is 127. The fourth-order valence-electron chi connectivity index (χ4n) is 3.84. The summed E-state index contributed by atoms with van der Waals surface area (Å²) < 4.78 is 1.23. The number of anilines is 1. The van der Waals surface area contributed by atoms with Crippen LogP contribution in [-0.4, -0.2) is 11.1 Å². The molecule has 0 radical (unpaired) electrons. The molecule has 3 nitrogen and oxygen atoms in total. The van der Waals surface area contributed by atoms with Gasteiger partial charge in [-0.15, -0.1) is 0 Å².